The van der Waals surface area contributed by atoms with Gasteiger partial charge in [-0.05, 0) is 36.2 Å². The molecule has 4 aromatic rings. The van der Waals surface area contributed by atoms with Crippen molar-refractivity contribution in [2.75, 3.05) is 33.3 Å². The number of hydrogen-bond acceptors (Lipinski definition) is 3. The number of methoxy groups -OCH3 is 1. The van der Waals surface area contributed by atoms with E-state index < -0.39 is 0 Å². The van der Waals surface area contributed by atoms with Gasteiger partial charge in [-0.15, -0.1) is 0 Å². The van der Waals surface area contributed by atoms with E-state index in [0.29, 0.717) is 49.7 Å². The number of benzene rings is 3. The number of fused-ring (bicyclic) bond motifs is 1. The van der Waals surface area contributed by atoms with Gasteiger partial charge in [0.25, 0.3) is 11.8 Å². The maximum absolute atomic E-state index is 13.8. The molecule has 0 saturated carbocycles. The van der Waals surface area contributed by atoms with Crippen molar-refractivity contribution in [3.8, 4) is 5.75 Å². The summed E-state index contributed by atoms with van der Waals surface area (Å²) in [5, 5.41) is 1.05. The molecule has 1 aromatic heterocycles. The van der Waals surface area contributed by atoms with E-state index in [1.165, 1.54) is 0 Å². The summed E-state index contributed by atoms with van der Waals surface area (Å²) in [4.78, 5) is 30.7. The number of rotatable bonds is 5. The van der Waals surface area contributed by atoms with Gasteiger partial charge < -0.3 is 19.1 Å². The van der Waals surface area contributed by atoms with Crippen LogP contribution in [0.4, 0.5) is 0 Å². The van der Waals surface area contributed by atoms with Crippen LogP contribution in [0.25, 0.3) is 10.9 Å². The average molecular weight is 468 g/mol. The van der Waals surface area contributed by atoms with E-state index in [-0.39, 0.29) is 11.8 Å². The number of para-hydroxylation sites is 2. The van der Waals surface area contributed by atoms with Crippen LogP contribution < -0.4 is 4.74 Å². The Morgan fingerprint density at radius 2 is 1.43 bits per heavy atom. The van der Waals surface area contributed by atoms with Gasteiger partial charge in [-0.2, -0.15) is 0 Å². The van der Waals surface area contributed by atoms with E-state index in [1.54, 1.807) is 19.2 Å². The lowest BCUT2D eigenvalue weighted by Gasteiger charge is -2.23. The smallest absolute Gasteiger partial charge is 0.270 e. The predicted molar refractivity (Wildman–Crippen MR) is 137 cm³/mol. The van der Waals surface area contributed by atoms with Gasteiger partial charge >= 0.3 is 0 Å². The Balaban J connectivity index is 1.38. The molecule has 0 N–H and O–H groups in total. The van der Waals surface area contributed by atoms with Crippen LogP contribution in [0.5, 0.6) is 5.75 Å². The Hall–Kier alpha value is -4.06. The molecule has 35 heavy (non-hydrogen) atoms. The lowest BCUT2D eigenvalue weighted by molar-refractivity contribution is 0.0712. The fourth-order valence-corrected chi connectivity index (χ4v) is 4.80. The minimum absolute atomic E-state index is 0.00345. The van der Waals surface area contributed by atoms with Gasteiger partial charge in [-0.25, -0.2) is 0 Å². The van der Waals surface area contributed by atoms with E-state index in [0.717, 1.165) is 22.9 Å². The van der Waals surface area contributed by atoms with Crippen molar-refractivity contribution in [1.29, 1.82) is 0 Å². The molecule has 0 atom stereocenters. The molecular formula is C29H29N3O3. The number of ether oxygens (including phenoxy) is 1. The highest BCUT2D eigenvalue weighted by Crippen LogP contribution is 2.24. The number of nitrogens with zero attached hydrogens (tertiary/aromatic N) is 3. The molecule has 1 fully saturated rings. The maximum atomic E-state index is 13.8. The summed E-state index contributed by atoms with van der Waals surface area (Å²) in [5.74, 6) is 0.513. The van der Waals surface area contributed by atoms with Gasteiger partial charge in [0, 0.05) is 43.6 Å². The summed E-state index contributed by atoms with van der Waals surface area (Å²) in [6.07, 6.45) is 0.728. The summed E-state index contributed by atoms with van der Waals surface area (Å²) in [6, 6.07) is 27.6. The first-order valence-electron chi connectivity index (χ1n) is 12.0. The highest BCUT2D eigenvalue weighted by atomic mass is 16.5. The topological polar surface area (TPSA) is 54.8 Å². The molecule has 178 valence electrons. The summed E-state index contributed by atoms with van der Waals surface area (Å²) in [6.45, 7) is 2.82. The summed E-state index contributed by atoms with van der Waals surface area (Å²) < 4.78 is 7.49. The van der Waals surface area contributed by atoms with Crippen LogP contribution in [-0.2, 0) is 6.54 Å². The van der Waals surface area contributed by atoms with E-state index >= 15 is 0 Å². The van der Waals surface area contributed by atoms with Crippen LogP contribution in [0.2, 0.25) is 0 Å². The van der Waals surface area contributed by atoms with Gasteiger partial charge in [-0.3, -0.25) is 9.59 Å². The minimum atomic E-state index is -0.0602. The standard InChI is InChI=1S/C29H29N3O3/c1-35-27-15-8-6-13-24(27)28(33)30-16-9-17-31(19-18-30)29(34)26-20-23-12-5-7-14-25(23)32(26)21-22-10-3-2-4-11-22/h2-8,10-15,20H,9,16-19,21H2,1H3. The lowest BCUT2D eigenvalue weighted by Crippen LogP contribution is -2.38. The van der Waals surface area contributed by atoms with Crippen LogP contribution in [-0.4, -0.2) is 59.5 Å². The minimum Gasteiger partial charge on any atom is -0.496 e. The second-order valence-corrected chi connectivity index (χ2v) is 8.80. The third-order valence-electron chi connectivity index (χ3n) is 6.62. The van der Waals surface area contributed by atoms with Gasteiger partial charge in [0.1, 0.15) is 11.4 Å². The quantitative estimate of drug-likeness (QED) is 0.428. The van der Waals surface area contributed by atoms with Crippen LogP contribution in [0.15, 0.2) is 84.9 Å². The van der Waals surface area contributed by atoms with Crippen molar-refractivity contribution in [2.45, 2.75) is 13.0 Å². The Bertz CT molecular complexity index is 1350. The molecule has 1 saturated heterocycles. The molecule has 2 amide bonds. The van der Waals surface area contributed by atoms with Crippen LogP contribution in [0.1, 0.15) is 32.8 Å². The Kier molecular flexibility index (Phi) is 6.53. The summed E-state index contributed by atoms with van der Waals surface area (Å²) in [7, 11) is 1.57. The van der Waals surface area contributed by atoms with Crippen molar-refractivity contribution in [2.24, 2.45) is 0 Å². The predicted octanol–water partition coefficient (Wildman–Crippen LogP) is 4.69. The lowest BCUT2D eigenvalue weighted by atomic mass is 10.1. The Morgan fingerprint density at radius 3 is 2.20 bits per heavy atom. The number of hydrogen-bond donors (Lipinski definition) is 0. The highest BCUT2D eigenvalue weighted by Gasteiger charge is 2.27. The molecule has 2 heterocycles. The fraction of sp³-hybridized carbons (Fsp3) is 0.241. The van der Waals surface area contributed by atoms with E-state index in [2.05, 4.69) is 22.8 Å². The van der Waals surface area contributed by atoms with Gasteiger partial charge in [0.05, 0.1) is 12.7 Å². The molecule has 1 aliphatic heterocycles. The van der Waals surface area contributed by atoms with Crippen molar-refractivity contribution in [1.82, 2.24) is 14.4 Å². The van der Waals surface area contributed by atoms with Crippen LogP contribution in [0, 0.1) is 0 Å². The first-order valence-corrected chi connectivity index (χ1v) is 12.0. The molecule has 0 aliphatic carbocycles. The monoisotopic (exact) mass is 467 g/mol. The highest BCUT2D eigenvalue weighted by molar-refractivity contribution is 5.99. The molecular weight excluding hydrogens is 438 g/mol. The number of carbonyl (C=O) groups excluding carboxylic acids is 2. The van der Waals surface area contributed by atoms with Crippen molar-refractivity contribution in [3.05, 3.63) is 102 Å². The molecule has 0 unspecified atom stereocenters. The third-order valence-corrected chi connectivity index (χ3v) is 6.62. The second kappa shape index (κ2) is 10.1. The first-order chi connectivity index (χ1) is 17.2. The fourth-order valence-electron chi connectivity index (χ4n) is 4.80. The van der Waals surface area contributed by atoms with Crippen molar-refractivity contribution in [3.63, 3.8) is 0 Å². The van der Waals surface area contributed by atoms with E-state index in [1.807, 2.05) is 64.4 Å². The summed E-state index contributed by atoms with van der Waals surface area (Å²) >= 11 is 0. The number of aromatic nitrogens is 1. The molecule has 0 radical (unpaired) electrons. The largest absolute Gasteiger partial charge is 0.496 e. The normalized spacial score (nSPS) is 14.1. The molecule has 6 heteroatoms. The molecule has 6 nitrogen and oxygen atoms in total. The zero-order valence-electron chi connectivity index (χ0n) is 19.9. The molecule has 5 rings (SSSR count). The van der Waals surface area contributed by atoms with E-state index in [9.17, 15) is 9.59 Å². The zero-order chi connectivity index (χ0) is 24.2. The molecule has 0 bridgehead atoms. The third kappa shape index (κ3) is 4.64. The van der Waals surface area contributed by atoms with Crippen molar-refractivity contribution >= 4 is 22.7 Å². The van der Waals surface area contributed by atoms with Crippen LogP contribution >= 0.6 is 0 Å². The molecule has 3 aromatic carbocycles. The number of amides is 2. The van der Waals surface area contributed by atoms with Crippen molar-refractivity contribution < 1.29 is 14.3 Å². The van der Waals surface area contributed by atoms with Gasteiger partial charge in [-0.1, -0.05) is 60.7 Å². The van der Waals surface area contributed by atoms with Gasteiger partial charge in [0.2, 0.25) is 0 Å². The molecule has 1 aliphatic rings. The maximum Gasteiger partial charge on any atom is 0.270 e. The Labute approximate surface area is 205 Å². The zero-order valence-corrected chi connectivity index (χ0v) is 19.9. The number of carbonyl (C=O) groups is 2. The average Bonchev–Trinajstić information content (AvgIpc) is 3.09. The SMILES string of the molecule is COc1ccccc1C(=O)N1CCCN(C(=O)c2cc3ccccc3n2Cc2ccccc2)CC1. The second-order valence-electron chi connectivity index (χ2n) is 8.80. The Morgan fingerprint density at radius 1 is 0.771 bits per heavy atom. The first kappa shape index (κ1) is 22.7. The summed E-state index contributed by atoms with van der Waals surface area (Å²) in [5.41, 5.74) is 3.42. The van der Waals surface area contributed by atoms with E-state index in [4.69, 9.17) is 4.74 Å². The van der Waals surface area contributed by atoms with Gasteiger partial charge in [0.15, 0.2) is 0 Å². The molecule has 0 spiro atoms. The van der Waals surface area contributed by atoms with Crippen LogP contribution in [0.3, 0.4) is 0 Å².